The predicted molar refractivity (Wildman–Crippen MR) is 115 cm³/mol. The number of aromatic nitrogens is 4. The highest BCUT2D eigenvalue weighted by atomic mass is 16.1. The van der Waals surface area contributed by atoms with E-state index in [0.717, 1.165) is 33.5 Å². The molecule has 0 bridgehead atoms. The first kappa shape index (κ1) is 18.4. The Hall–Kier alpha value is -3.94. The lowest BCUT2D eigenvalue weighted by Crippen LogP contribution is -2.07. The van der Waals surface area contributed by atoms with Gasteiger partial charge < -0.3 is 16.0 Å². The van der Waals surface area contributed by atoms with Gasteiger partial charge in [0.05, 0.1) is 5.52 Å². The number of aromatic amines is 1. The molecule has 4 N–H and O–H groups in total. The van der Waals surface area contributed by atoms with Gasteiger partial charge in [0.25, 0.3) is 0 Å². The van der Waals surface area contributed by atoms with Crippen LogP contribution in [0.1, 0.15) is 18.2 Å². The molecule has 0 radical (unpaired) electrons. The van der Waals surface area contributed by atoms with Crippen LogP contribution in [0.2, 0.25) is 0 Å². The van der Waals surface area contributed by atoms with Crippen molar-refractivity contribution in [1.29, 1.82) is 0 Å². The van der Waals surface area contributed by atoms with Gasteiger partial charge in [-0.1, -0.05) is 12.1 Å². The van der Waals surface area contributed by atoms with Crippen molar-refractivity contribution < 1.29 is 4.79 Å². The number of carbonyl (C=O) groups is 1. The third-order valence-electron chi connectivity index (χ3n) is 4.35. The Morgan fingerprint density at radius 1 is 1.00 bits per heavy atom. The lowest BCUT2D eigenvalue weighted by molar-refractivity contribution is -0.114. The monoisotopic (exact) mass is 387 g/mol. The van der Waals surface area contributed by atoms with E-state index >= 15 is 0 Å². The Balaban J connectivity index is 1.67. The zero-order chi connectivity index (χ0) is 20.4. The maximum atomic E-state index is 11.3. The van der Waals surface area contributed by atoms with Crippen LogP contribution in [0.5, 0.6) is 0 Å². The number of carbonyl (C=O) groups excluding carboxylic acids is 1. The smallest absolute Gasteiger partial charge is 0.229 e. The number of benzene rings is 2. The normalized spacial score (nSPS) is 10.7. The third kappa shape index (κ3) is 4.16. The molecule has 146 valence electrons. The lowest BCUT2D eigenvalue weighted by Gasteiger charge is -2.12. The first-order valence-corrected chi connectivity index (χ1v) is 9.19. The molecule has 0 fully saturated rings. The predicted octanol–water partition coefficient (Wildman–Crippen LogP) is 4.42. The van der Waals surface area contributed by atoms with Crippen molar-refractivity contribution in [3.63, 3.8) is 0 Å². The second-order valence-electron chi connectivity index (χ2n) is 6.81. The average molecular weight is 387 g/mol. The number of amides is 1. The van der Waals surface area contributed by atoms with Crippen molar-refractivity contribution in [3.8, 4) is 0 Å². The largest absolute Gasteiger partial charge is 0.326 e. The topological polar surface area (TPSA) is 108 Å². The van der Waals surface area contributed by atoms with E-state index in [4.69, 9.17) is 0 Å². The molecule has 2 heterocycles. The number of rotatable bonds is 5. The number of nitrogens with zero attached hydrogens (tertiary/aromatic N) is 3. The minimum Gasteiger partial charge on any atom is -0.326 e. The van der Waals surface area contributed by atoms with Gasteiger partial charge in [-0.2, -0.15) is 10.1 Å². The molecule has 2 aromatic carbocycles. The Morgan fingerprint density at radius 2 is 1.83 bits per heavy atom. The van der Waals surface area contributed by atoms with Gasteiger partial charge in [0.2, 0.25) is 11.9 Å². The fourth-order valence-corrected chi connectivity index (χ4v) is 3.03. The number of hydrogen-bond donors (Lipinski definition) is 4. The molecule has 0 unspecified atom stereocenters. The van der Waals surface area contributed by atoms with Crippen LogP contribution in [0.15, 0.2) is 48.5 Å². The van der Waals surface area contributed by atoms with Gasteiger partial charge in [0.15, 0.2) is 5.82 Å². The summed E-state index contributed by atoms with van der Waals surface area (Å²) >= 11 is 0. The van der Waals surface area contributed by atoms with Crippen molar-refractivity contribution >= 4 is 45.8 Å². The molecule has 4 rings (SSSR count). The Kier molecular flexibility index (Phi) is 4.82. The van der Waals surface area contributed by atoms with Crippen LogP contribution in [-0.4, -0.2) is 26.1 Å². The second kappa shape index (κ2) is 7.59. The lowest BCUT2D eigenvalue weighted by atomic mass is 10.1. The van der Waals surface area contributed by atoms with E-state index in [1.54, 1.807) is 0 Å². The minimum atomic E-state index is -0.101. The van der Waals surface area contributed by atoms with Gasteiger partial charge in [-0.3, -0.25) is 9.89 Å². The van der Waals surface area contributed by atoms with Crippen molar-refractivity contribution in [2.75, 3.05) is 16.0 Å². The van der Waals surface area contributed by atoms with E-state index in [9.17, 15) is 4.79 Å². The Morgan fingerprint density at radius 3 is 2.55 bits per heavy atom. The van der Waals surface area contributed by atoms with Crippen LogP contribution < -0.4 is 16.0 Å². The number of aryl methyl sites for hydroxylation is 2. The number of hydrogen-bond acceptors (Lipinski definition) is 6. The summed E-state index contributed by atoms with van der Waals surface area (Å²) in [6.45, 7) is 5.37. The molecule has 0 aliphatic carbocycles. The molecule has 0 atom stereocenters. The van der Waals surface area contributed by atoms with E-state index in [0.29, 0.717) is 17.6 Å². The molecule has 8 nitrogen and oxygen atoms in total. The molecule has 0 aliphatic heterocycles. The number of H-pyrrole nitrogens is 1. The second-order valence-corrected chi connectivity index (χ2v) is 6.81. The summed E-state index contributed by atoms with van der Waals surface area (Å²) in [5, 5.41) is 17.3. The number of fused-ring (bicyclic) bond motifs is 1. The molecule has 0 saturated heterocycles. The van der Waals surface area contributed by atoms with Gasteiger partial charge in [-0.25, -0.2) is 4.98 Å². The first-order chi connectivity index (χ1) is 14.0. The van der Waals surface area contributed by atoms with Crippen LogP contribution in [0, 0.1) is 13.8 Å². The number of anilines is 5. The summed E-state index contributed by atoms with van der Waals surface area (Å²) < 4.78 is 0. The summed E-state index contributed by atoms with van der Waals surface area (Å²) in [5.41, 5.74) is 4.31. The Bertz CT molecular complexity index is 1200. The highest BCUT2D eigenvalue weighted by Crippen LogP contribution is 2.27. The van der Waals surface area contributed by atoms with E-state index in [-0.39, 0.29) is 5.91 Å². The summed E-state index contributed by atoms with van der Waals surface area (Å²) in [6.07, 6.45) is 0. The van der Waals surface area contributed by atoms with Crippen LogP contribution in [0.25, 0.3) is 10.9 Å². The van der Waals surface area contributed by atoms with Crippen molar-refractivity contribution in [1.82, 2.24) is 20.2 Å². The zero-order valence-corrected chi connectivity index (χ0v) is 16.4. The SMILES string of the molecule is CC(=O)Nc1ccc(Nc2nc(Nc3cc(C)[nH]n3)c3ccccc3n2)cc1C. The molecule has 0 aliphatic rings. The van der Waals surface area contributed by atoms with Crippen molar-refractivity contribution in [2.45, 2.75) is 20.8 Å². The first-order valence-electron chi connectivity index (χ1n) is 9.19. The molecular weight excluding hydrogens is 366 g/mol. The fraction of sp³-hybridized carbons (Fsp3) is 0.143. The number of nitrogens with one attached hydrogen (secondary N) is 4. The van der Waals surface area contributed by atoms with Crippen LogP contribution in [0.4, 0.5) is 29.0 Å². The van der Waals surface area contributed by atoms with Gasteiger partial charge in [0.1, 0.15) is 5.82 Å². The van der Waals surface area contributed by atoms with Gasteiger partial charge in [0, 0.05) is 35.4 Å². The van der Waals surface area contributed by atoms with Gasteiger partial charge in [-0.15, -0.1) is 0 Å². The molecule has 8 heteroatoms. The quantitative estimate of drug-likeness (QED) is 0.404. The van der Waals surface area contributed by atoms with E-state index in [2.05, 4.69) is 36.1 Å². The van der Waals surface area contributed by atoms with Crippen molar-refractivity contribution in [2.24, 2.45) is 0 Å². The molecule has 0 saturated carbocycles. The average Bonchev–Trinajstić information content (AvgIpc) is 3.08. The molecule has 0 spiro atoms. The highest BCUT2D eigenvalue weighted by Gasteiger charge is 2.10. The summed E-state index contributed by atoms with van der Waals surface area (Å²) in [6, 6.07) is 15.4. The van der Waals surface area contributed by atoms with E-state index < -0.39 is 0 Å². The zero-order valence-electron chi connectivity index (χ0n) is 16.4. The highest BCUT2D eigenvalue weighted by molar-refractivity contribution is 5.92. The molecule has 29 heavy (non-hydrogen) atoms. The standard InChI is InChI=1S/C21H21N7O/c1-12-10-15(8-9-17(12)22-14(3)29)23-21-24-18-7-5-4-6-16(18)20(26-21)25-19-11-13(2)27-28-19/h4-11H,1-3H3,(H,22,29)(H3,23,24,25,26,27,28). The molecule has 4 aromatic rings. The number of para-hydroxylation sites is 1. The fourth-order valence-electron chi connectivity index (χ4n) is 3.03. The van der Waals surface area contributed by atoms with Crippen LogP contribution in [0.3, 0.4) is 0 Å². The summed E-state index contributed by atoms with van der Waals surface area (Å²) in [7, 11) is 0. The van der Waals surface area contributed by atoms with Gasteiger partial charge >= 0.3 is 0 Å². The maximum absolute atomic E-state index is 11.3. The van der Waals surface area contributed by atoms with Crippen LogP contribution in [-0.2, 0) is 4.79 Å². The van der Waals surface area contributed by atoms with Crippen molar-refractivity contribution in [3.05, 3.63) is 59.8 Å². The molecule has 1 amide bonds. The molecular formula is C21H21N7O. The van der Waals surface area contributed by atoms with E-state index in [1.807, 2.05) is 62.4 Å². The summed E-state index contributed by atoms with van der Waals surface area (Å²) in [5.74, 6) is 1.71. The minimum absolute atomic E-state index is 0.101. The molecule has 2 aromatic heterocycles. The van der Waals surface area contributed by atoms with E-state index in [1.165, 1.54) is 6.92 Å². The maximum Gasteiger partial charge on any atom is 0.229 e. The summed E-state index contributed by atoms with van der Waals surface area (Å²) in [4.78, 5) is 20.6. The van der Waals surface area contributed by atoms with Crippen LogP contribution >= 0.6 is 0 Å². The Labute approximate surface area is 167 Å². The third-order valence-corrected chi connectivity index (χ3v) is 4.35. The van der Waals surface area contributed by atoms with Gasteiger partial charge in [-0.05, 0) is 49.7 Å².